The monoisotopic (exact) mass is 448 g/mol. The second-order valence-corrected chi connectivity index (χ2v) is 11.0. The van der Waals surface area contributed by atoms with E-state index < -0.39 is 10.2 Å². The van der Waals surface area contributed by atoms with Crippen LogP contribution in [0.1, 0.15) is 37.3 Å². The minimum absolute atomic E-state index is 0.0250. The summed E-state index contributed by atoms with van der Waals surface area (Å²) in [6, 6.07) is 6.26. The Hall–Kier alpha value is -1.84. The van der Waals surface area contributed by atoms with E-state index in [-0.39, 0.29) is 11.6 Å². The molecule has 2 aliphatic heterocycles. The lowest BCUT2D eigenvalue weighted by Gasteiger charge is -2.33. The Balaban J connectivity index is 1.31. The fraction of sp³-hybridized carbons (Fsp3) is 0.682. The summed E-state index contributed by atoms with van der Waals surface area (Å²) in [5.74, 6) is 1.46. The average Bonchev–Trinajstić information content (AvgIpc) is 3.31. The molecule has 3 fully saturated rings. The van der Waals surface area contributed by atoms with Crippen molar-refractivity contribution in [2.75, 3.05) is 39.3 Å². The van der Waals surface area contributed by atoms with Gasteiger partial charge in [-0.3, -0.25) is 0 Å². The maximum Gasteiger partial charge on any atom is 0.317 e. The second-order valence-electron chi connectivity index (χ2n) is 9.36. The largest absolute Gasteiger partial charge is 0.492 e. The van der Waals surface area contributed by atoms with Crippen molar-refractivity contribution in [1.82, 2.24) is 19.2 Å². The molecule has 0 radical (unpaired) electrons. The molecule has 4 aliphatic rings. The minimum Gasteiger partial charge on any atom is -0.492 e. The van der Waals surface area contributed by atoms with Gasteiger partial charge in [0.2, 0.25) is 0 Å². The summed E-state index contributed by atoms with van der Waals surface area (Å²) in [4.78, 5) is 13.4. The number of hydrogen-bond donors (Lipinski definition) is 2. The number of ether oxygens (including phenoxy) is 1. The van der Waals surface area contributed by atoms with Crippen molar-refractivity contribution in [3.05, 3.63) is 29.3 Å². The van der Waals surface area contributed by atoms with E-state index in [0.717, 1.165) is 44.4 Å². The Bertz CT molecular complexity index is 968. The molecule has 1 saturated carbocycles. The van der Waals surface area contributed by atoms with E-state index in [2.05, 4.69) is 22.2 Å². The molecule has 2 heterocycles. The first-order chi connectivity index (χ1) is 14.9. The molecule has 2 N–H and O–H groups in total. The van der Waals surface area contributed by atoms with Crippen LogP contribution in [0.3, 0.4) is 0 Å². The molecule has 1 aromatic rings. The lowest BCUT2D eigenvalue weighted by molar-refractivity contribution is 0.202. The number of carbonyl (C=O) groups excluding carboxylic acids is 1. The molecule has 5 rings (SSSR count). The number of nitrogens with zero attached hydrogens (tertiary/aromatic N) is 2. The van der Waals surface area contributed by atoms with Crippen molar-refractivity contribution >= 4 is 16.2 Å². The quantitative estimate of drug-likeness (QED) is 0.690. The maximum atomic E-state index is 12.8. The highest BCUT2D eigenvalue weighted by molar-refractivity contribution is 7.87. The number of hydrogen-bond acceptors (Lipinski definition) is 4. The molecular weight excluding hydrogens is 416 g/mol. The predicted molar refractivity (Wildman–Crippen MR) is 117 cm³/mol. The molecule has 31 heavy (non-hydrogen) atoms. The molecule has 3 atom stereocenters. The van der Waals surface area contributed by atoms with Gasteiger partial charge in [0.25, 0.3) is 10.2 Å². The SMILES string of the molecule is CCCN1C[C@@]2(NS1(=O)=O)[C@@H]1CC[C@H]2Cc2cc(OCCN3CCNC3=O)ccc2C1. The highest BCUT2D eigenvalue weighted by Crippen LogP contribution is 2.50. The Morgan fingerprint density at radius 3 is 2.65 bits per heavy atom. The Morgan fingerprint density at radius 1 is 1.16 bits per heavy atom. The molecule has 1 aromatic carbocycles. The van der Waals surface area contributed by atoms with E-state index in [1.54, 1.807) is 9.21 Å². The summed E-state index contributed by atoms with van der Waals surface area (Å²) in [5.41, 5.74) is 2.24. The first-order valence-electron chi connectivity index (χ1n) is 11.5. The average molecular weight is 449 g/mol. The summed E-state index contributed by atoms with van der Waals surface area (Å²) in [6.45, 7) is 5.66. The molecular formula is C22H32N4O4S. The third-order valence-corrected chi connectivity index (χ3v) is 9.21. The van der Waals surface area contributed by atoms with Gasteiger partial charge in [0.1, 0.15) is 12.4 Å². The van der Waals surface area contributed by atoms with Crippen LogP contribution in [-0.4, -0.2) is 68.5 Å². The van der Waals surface area contributed by atoms with Gasteiger partial charge in [-0.15, -0.1) is 0 Å². The van der Waals surface area contributed by atoms with Crippen LogP contribution in [0.2, 0.25) is 0 Å². The van der Waals surface area contributed by atoms with Crippen LogP contribution >= 0.6 is 0 Å². The predicted octanol–water partition coefficient (Wildman–Crippen LogP) is 1.51. The van der Waals surface area contributed by atoms with Crippen LogP contribution in [0, 0.1) is 11.8 Å². The number of carbonyl (C=O) groups is 1. The molecule has 2 aliphatic carbocycles. The van der Waals surface area contributed by atoms with Gasteiger partial charge < -0.3 is 15.0 Å². The normalized spacial score (nSPS) is 31.6. The van der Waals surface area contributed by atoms with Crippen molar-refractivity contribution in [1.29, 1.82) is 0 Å². The van der Waals surface area contributed by atoms with Crippen LogP contribution in [0.25, 0.3) is 0 Å². The summed E-state index contributed by atoms with van der Waals surface area (Å²) in [7, 11) is -3.40. The fourth-order valence-electron chi connectivity index (χ4n) is 6.02. The van der Waals surface area contributed by atoms with Gasteiger partial charge in [0, 0.05) is 26.2 Å². The van der Waals surface area contributed by atoms with Crippen molar-refractivity contribution in [2.45, 2.75) is 44.6 Å². The second kappa shape index (κ2) is 7.94. The maximum absolute atomic E-state index is 12.8. The third-order valence-electron chi connectivity index (χ3n) is 7.58. The summed E-state index contributed by atoms with van der Waals surface area (Å²) >= 11 is 0. The van der Waals surface area contributed by atoms with Gasteiger partial charge >= 0.3 is 6.03 Å². The molecule has 8 nitrogen and oxygen atoms in total. The number of benzene rings is 1. The molecule has 1 spiro atoms. The Morgan fingerprint density at radius 2 is 1.94 bits per heavy atom. The lowest BCUT2D eigenvalue weighted by atomic mass is 9.79. The zero-order chi connectivity index (χ0) is 21.6. The van der Waals surface area contributed by atoms with E-state index in [4.69, 9.17) is 4.74 Å². The van der Waals surface area contributed by atoms with Crippen molar-refractivity contribution in [3.8, 4) is 5.75 Å². The van der Waals surface area contributed by atoms with Crippen LogP contribution in [0.15, 0.2) is 18.2 Å². The molecule has 9 heteroatoms. The summed E-state index contributed by atoms with van der Waals surface area (Å²) in [6.07, 6.45) is 4.74. The molecule has 0 aromatic heterocycles. The first-order valence-corrected chi connectivity index (χ1v) is 12.9. The number of urea groups is 1. The lowest BCUT2D eigenvalue weighted by Crippen LogP contribution is -2.52. The van der Waals surface area contributed by atoms with Crippen LogP contribution < -0.4 is 14.8 Å². The molecule has 2 amide bonds. The van der Waals surface area contributed by atoms with Crippen LogP contribution in [-0.2, 0) is 23.1 Å². The van der Waals surface area contributed by atoms with Gasteiger partial charge in [0.15, 0.2) is 0 Å². The summed E-state index contributed by atoms with van der Waals surface area (Å²) < 4.78 is 36.3. The Kier molecular flexibility index (Phi) is 5.38. The van der Waals surface area contributed by atoms with Gasteiger partial charge in [-0.2, -0.15) is 17.4 Å². The van der Waals surface area contributed by atoms with Gasteiger partial charge in [-0.25, -0.2) is 4.79 Å². The van der Waals surface area contributed by atoms with Gasteiger partial charge in [0.05, 0.1) is 12.1 Å². The fourth-order valence-corrected chi connectivity index (χ4v) is 7.83. The van der Waals surface area contributed by atoms with Crippen molar-refractivity contribution in [3.63, 3.8) is 0 Å². The molecule has 2 bridgehead atoms. The van der Waals surface area contributed by atoms with Crippen molar-refractivity contribution in [2.24, 2.45) is 11.8 Å². The molecule has 0 unspecified atom stereocenters. The summed E-state index contributed by atoms with van der Waals surface area (Å²) in [5, 5.41) is 2.80. The van der Waals surface area contributed by atoms with E-state index in [1.807, 2.05) is 13.0 Å². The topological polar surface area (TPSA) is 91.0 Å². The highest BCUT2D eigenvalue weighted by atomic mass is 32.2. The zero-order valence-electron chi connectivity index (χ0n) is 18.1. The minimum atomic E-state index is -3.40. The molecule has 2 saturated heterocycles. The zero-order valence-corrected chi connectivity index (χ0v) is 18.9. The highest BCUT2D eigenvalue weighted by Gasteiger charge is 2.59. The first kappa shape index (κ1) is 21.0. The van der Waals surface area contributed by atoms with E-state index in [9.17, 15) is 13.2 Å². The number of fused-ring (bicyclic) bond motifs is 1. The van der Waals surface area contributed by atoms with E-state index in [0.29, 0.717) is 44.6 Å². The van der Waals surface area contributed by atoms with Crippen LogP contribution in [0.4, 0.5) is 4.79 Å². The third kappa shape index (κ3) is 3.70. The Labute approximate surface area is 184 Å². The van der Waals surface area contributed by atoms with Crippen LogP contribution in [0.5, 0.6) is 5.75 Å². The number of nitrogens with one attached hydrogen (secondary N) is 2. The number of rotatable bonds is 6. The molecule has 170 valence electrons. The smallest absolute Gasteiger partial charge is 0.317 e. The number of amides is 2. The standard InChI is InChI=1S/C22H32N4O4S/c1-2-8-26-15-22(24-31(26,28)29)18-4-5-19(22)13-17-14-20(6-3-16(17)12-18)30-11-10-25-9-7-23-21(25)27/h3,6,14,18-19,24H,2,4-5,7-13,15H2,1H3,(H,23,27)/t18-,19+,22-/m1/s1. The van der Waals surface area contributed by atoms with Gasteiger partial charge in [-0.1, -0.05) is 13.0 Å². The van der Waals surface area contributed by atoms with Crippen molar-refractivity contribution < 1.29 is 17.9 Å². The van der Waals surface area contributed by atoms with E-state index in [1.165, 1.54) is 11.1 Å². The van der Waals surface area contributed by atoms with E-state index >= 15 is 0 Å². The van der Waals surface area contributed by atoms with Gasteiger partial charge in [-0.05, 0) is 67.2 Å².